The second-order valence-electron chi connectivity index (χ2n) is 5.92. The fourth-order valence-corrected chi connectivity index (χ4v) is 2.96. The highest BCUT2D eigenvalue weighted by Gasteiger charge is 2.14. The number of fused-ring (bicyclic) bond motifs is 3. The molecule has 0 aliphatic rings. The molecule has 1 N–H and O–H groups in total. The van der Waals surface area contributed by atoms with E-state index in [4.69, 9.17) is 14.4 Å². The van der Waals surface area contributed by atoms with Crippen LogP contribution in [0.5, 0.6) is 0 Å². The van der Waals surface area contributed by atoms with E-state index in [1.807, 2.05) is 66.7 Å². The number of anilines is 1. The van der Waals surface area contributed by atoms with Gasteiger partial charge in [-0.1, -0.05) is 42.5 Å². The van der Waals surface area contributed by atoms with Crippen molar-refractivity contribution >= 4 is 22.5 Å². The molecule has 0 saturated carbocycles. The quantitative estimate of drug-likeness (QED) is 0.532. The number of hydrogen-bond acceptors (Lipinski definition) is 5. The monoisotopic (exact) mass is 341 g/mol. The lowest BCUT2D eigenvalue weighted by molar-refractivity contribution is 0.517. The van der Waals surface area contributed by atoms with Crippen molar-refractivity contribution in [2.24, 2.45) is 0 Å². The Kier molecular flexibility index (Phi) is 3.38. The first-order chi connectivity index (χ1) is 12.9. The Labute approximate surface area is 149 Å². The lowest BCUT2D eigenvalue weighted by atomic mass is 10.2. The van der Waals surface area contributed by atoms with Gasteiger partial charge in [0.2, 0.25) is 5.95 Å². The van der Waals surface area contributed by atoms with Gasteiger partial charge in [-0.2, -0.15) is 4.52 Å². The zero-order chi connectivity index (χ0) is 17.3. The van der Waals surface area contributed by atoms with Crippen molar-refractivity contribution in [2.45, 2.75) is 6.54 Å². The smallest absolute Gasteiger partial charge is 0.226 e. The molecule has 0 unspecified atom stereocenters. The topological polar surface area (TPSA) is 68.2 Å². The van der Waals surface area contributed by atoms with Gasteiger partial charge in [0, 0.05) is 10.9 Å². The van der Waals surface area contributed by atoms with E-state index in [1.54, 1.807) is 10.8 Å². The second kappa shape index (κ2) is 6.00. The first-order valence-electron chi connectivity index (χ1n) is 8.36. The number of para-hydroxylation sites is 1. The Hall–Kier alpha value is -3.67. The molecule has 5 rings (SSSR count). The molecule has 2 aromatic carbocycles. The van der Waals surface area contributed by atoms with E-state index in [1.165, 1.54) is 0 Å². The predicted octanol–water partition coefficient (Wildman–Crippen LogP) is 4.15. The molecule has 0 aliphatic heterocycles. The number of benzene rings is 2. The highest BCUT2D eigenvalue weighted by Crippen LogP contribution is 2.24. The lowest BCUT2D eigenvalue weighted by Gasteiger charge is -2.07. The number of furan rings is 1. The van der Waals surface area contributed by atoms with Gasteiger partial charge in [0.25, 0.3) is 0 Å². The molecule has 0 saturated heterocycles. The molecular formula is C20H15N5O. The van der Waals surface area contributed by atoms with Gasteiger partial charge in [-0.25, -0.2) is 9.97 Å². The van der Waals surface area contributed by atoms with Crippen LogP contribution < -0.4 is 5.32 Å². The van der Waals surface area contributed by atoms with E-state index in [9.17, 15) is 0 Å². The highest BCUT2D eigenvalue weighted by molar-refractivity contribution is 5.92. The molecule has 26 heavy (non-hydrogen) atoms. The molecular weight excluding hydrogens is 326 g/mol. The molecule has 5 aromatic rings. The fourth-order valence-electron chi connectivity index (χ4n) is 2.96. The zero-order valence-corrected chi connectivity index (χ0v) is 13.8. The number of nitrogens with one attached hydrogen (secondary N) is 1. The molecule has 3 aromatic heterocycles. The van der Waals surface area contributed by atoms with E-state index in [0.717, 1.165) is 27.9 Å². The van der Waals surface area contributed by atoms with E-state index in [-0.39, 0.29) is 0 Å². The molecule has 0 fully saturated rings. The molecule has 0 radical (unpaired) electrons. The Morgan fingerprint density at radius 2 is 1.73 bits per heavy atom. The van der Waals surface area contributed by atoms with Crippen LogP contribution in [0.15, 0.2) is 77.4 Å². The Balaban J connectivity index is 1.68. The Bertz CT molecular complexity index is 1180. The number of rotatable bonds is 4. The lowest BCUT2D eigenvalue weighted by Crippen LogP contribution is -2.07. The van der Waals surface area contributed by atoms with Crippen LogP contribution in [0.4, 0.5) is 5.95 Å². The molecule has 3 heterocycles. The normalized spacial score (nSPS) is 11.2. The van der Waals surface area contributed by atoms with Gasteiger partial charge in [-0.05, 0) is 24.3 Å². The van der Waals surface area contributed by atoms with Crippen molar-refractivity contribution in [1.29, 1.82) is 0 Å². The molecule has 0 spiro atoms. The van der Waals surface area contributed by atoms with Crippen LogP contribution in [0.25, 0.3) is 27.9 Å². The van der Waals surface area contributed by atoms with E-state index in [2.05, 4.69) is 10.4 Å². The van der Waals surface area contributed by atoms with E-state index >= 15 is 0 Å². The minimum atomic E-state index is 0.522. The minimum absolute atomic E-state index is 0.522. The summed E-state index contributed by atoms with van der Waals surface area (Å²) in [4.78, 5) is 9.48. The van der Waals surface area contributed by atoms with Crippen molar-refractivity contribution in [3.63, 3.8) is 0 Å². The number of hydrogen-bond donors (Lipinski definition) is 1. The third kappa shape index (κ3) is 2.48. The maximum Gasteiger partial charge on any atom is 0.226 e. The summed E-state index contributed by atoms with van der Waals surface area (Å²) in [5, 5.41) is 8.95. The van der Waals surface area contributed by atoms with Gasteiger partial charge in [0.15, 0.2) is 11.5 Å². The summed E-state index contributed by atoms with van der Waals surface area (Å²) in [7, 11) is 0. The summed E-state index contributed by atoms with van der Waals surface area (Å²) in [5.74, 6) is 2.13. The van der Waals surface area contributed by atoms with Crippen LogP contribution in [0, 0.1) is 0 Å². The maximum absolute atomic E-state index is 5.39. The fraction of sp³-hybridized carbons (Fsp3) is 0.0500. The standard InChI is InChI=1S/C20H15N5O/c1-2-7-14(8-3-1)18-23-19-16-10-4-5-11-17(16)22-20(25(19)24-18)21-13-15-9-6-12-26-15/h1-12H,13H2,(H,21,22). The average Bonchev–Trinajstić information content (AvgIpc) is 3.37. The molecule has 6 nitrogen and oxygen atoms in total. The van der Waals surface area contributed by atoms with Gasteiger partial charge in [-0.3, -0.25) is 0 Å². The van der Waals surface area contributed by atoms with Crippen LogP contribution >= 0.6 is 0 Å². The van der Waals surface area contributed by atoms with Crippen molar-refractivity contribution in [2.75, 3.05) is 5.32 Å². The van der Waals surface area contributed by atoms with E-state index < -0.39 is 0 Å². The average molecular weight is 341 g/mol. The third-order valence-electron chi connectivity index (χ3n) is 4.21. The predicted molar refractivity (Wildman–Crippen MR) is 99.8 cm³/mol. The SMILES string of the molecule is c1ccc(-c2nc3c4ccccc4nc(NCc4ccco4)n3n2)cc1. The molecule has 0 aliphatic carbocycles. The van der Waals surface area contributed by atoms with Gasteiger partial charge < -0.3 is 9.73 Å². The molecule has 6 heteroatoms. The van der Waals surface area contributed by atoms with Gasteiger partial charge in [-0.15, -0.1) is 5.10 Å². The largest absolute Gasteiger partial charge is 0.467 e. The van der Waals surface area contributed by atoms with Crippen LogP contribution in [-0.2, 0) is 6.54 Å². The van der Waals surface area contributed by atoms with Crippen LogP contribution in [0.2, 0.25) is 0 Å². The summed E-state index contributed by atoms with van der Waals surface area (Å²) < 4.78 is 7.15. The Morgan fingerprint density at radius 3 is 2.58 bits per heavy atom. The van der Waals surface area contributed by atoms with Crippen molar-refractivity contribution in [3.05, 3.63) is 78.8 Å². The van der Waals surface area contributed by atoms with Crippen LogP contribution in [-0.4, -0.2) is 19.6 Å². The first-order valence-corrected chi connectivity index (χ1v) is 8.36. The second-order valence-corrected chi connectivity index (χ2v) is 5.92. The maximum atomic E-state index is 5.39. The summed E-state index contributed by atoms with van der Waals surface area (Å²) in [6.45, 7) is 0.522. The third-order valence-corrected chi connectivity index (χ3v) is 4.21. The van der Waals surface area contributed by atoms with E-state index in [0.29, 0.717) is 18.3 Å². The van der Waals surface area contributed by atoms with Crippen LogP contribution in [0.3, 0.4) is 0 Å². The van der Waals surface area contributed by atoms with Gasteiger partial charge in [0.1, 0.15) is 5.76 Å². The molecule has 0 amide bonds. The first kappa shape index (κ1) is 14.7. The highest BCUT2D eigenvalue weighted by atomic mass is 16.3. The molecule has 126 valence electrons. The number of nitrogens with zero attached hydrogens (tertiary/aromatic N) is 4. The molecule has 0 bridgehead atoms. The number of aromatic nitrogens is 4. The Morgan fingerprint density at radius 1 is 0.885 bits per heavy atom. The van der Waals surface area contributed by atoms with Gasteiger partial charge >= 0.3 is 0 Å². The summed E-state index contributed by atoms with van der Waals surface area (Å²) in [6.07, 6.45) is 1.66. The van der Waals surface area contributed by atoms with Crippen LogP contribution in [0.1, 0.15) is 5.76 Å². The van der Waals surface area contributed by atoms with Crippen molar-refractivity contribution in [1.82, 2.24) is 19.6 Å². The van der Waals surface area contributed by atoms with Crippen molar-refractivity contribution < 1.29 is 4.42 Å². The van der Waals surface area contributed by atoms with Crippen molar-refractivity contribution in [3.8, 4) is 11.4 Å². The summed E-state index contributed by atoms with van der Waals surface area (Å²) in [6, 6.07) is 21.7. The van der Waals surface area contributed by atoms with Gasteiger partial charge in [0.05, 0.1) is 18.3 Å². The minimum Gasteiger partial charge on any atom is -0.467 e. The molecule has 0 atom stereocenters. The summed E-state index contributed by atoms with van der Waals surface area (Å²) in [5.41, 5.74) is 2.61. The summed E-state index contributed by atoms with van der Waals surface area (Å²) >= 11 is 0. The zero-order valence-electron chi connectivity index (χ0n) is 13.8.